The molecule has 0 unspecified atom stereocenters. The number of rotatable bonds is 9. The van der Waals surface area contributed by atoms with Gasteiger partial charge in [0.25, 0.3) is 5.91 Å². The van der Waals surface area contributed by atoms with Crippen LogP contribution in [0.4, 0.5) is 0 Å². The van der Waals surface area contributed by atoms with Gasteiger partial charge in [-0.3, -0.25) is 9.59 Å². The van der Waals surface area contributed by atoms with Crippen molar-refractivity contribution in [2.24, 2.45) is 0 Å². The minimum atomic E-state index is -0.873. The first-order valence-electron chi connectivity index (χ1n) is 8.92. The van der Waals surface area contributed by atoms with Crippen LogP contribution >= 0.6 is 11.6 Å². The van der Waals surface area contributed by atoms with E-state index in [0.717, 1.165) is 16.9 Å². The maximum atomic E-state index is 12.1. The number of ether oxygens (including phenoxy) is 2. The number of carbonyl (C=O) groups is 2. The lowest BCUT2D eigenvalue weighted by atomic mass is 10.1. The number of aryl methyl sites for hydroxylation is 1. The zero-order valence-electron chi connectivity index (χ0n) is 15.5. The van der Waals surface area contributed by atoms with Gasteiger partial charge in [-0.2, -0.15) is 0 Å². The Morgan fingerprint density at radius 3 is 2.44 bits per heavy atom. The molecule has 0 aliphatic heterocycles. The fourth-order valence-corrected chi connectivity index (χ4v) is 2.72. The second-order valence-corrected chi connectivity index (χ2v) is 6.39. The van der Waals surface area contributed by atoms with Crippen LogP contribution in [-0.2, 0) is 27.3 Å². The van der Waals surface area contributed by atoms with Gasteiger partial charge in [-0.25, -0.2) is 0 Å². The number of para-hydroxylation sites is 1. The van der Waals surface area contributed by atoms with E-state index in [4.69, 9.17) is 21.1 Å². The molecule has 5 nitrogen and oxygen atoms in total. The topological polar surface area (TPSA) is 64.6 Å². The van der Waals surface area contributed by atoms with Crippen LogP contribution in [0.15, 0.2) is 48.5 Å². The van der Waals surface area contributed by atoms with E-state index in [2.05, 4.69) is 5.32 Å². The summed E-state index contributed by atoms with van der Waals surface area (Å²) in [7, 11) is 0. The molecule has 1 amide bonds. The molecule has 1 atom stereocenters. The van der Waals surface area contributed by atoms with Gasteiger partial charge in [0.2, 0.25) is 0 Å². The van der Waals surface area contributed by atoms with E-state index in [1.165, 1.54) is 0 Å². The molecule has 2 aromatic rings. The SMILES string of the molecule is CCOc1ccccc1CCC(=O)O[C@H](C)C(=O)NCc1ccccc1Cl. The highest BCUT2D eigenvalue weighted by Gasteiger charge is 2.18. The second-order valence-electron chi connectivity index (χ2n) is 5.98. The van der Waals surface area contributed by atoms with Crippen molar-refractivity contribution < 1.29 is 19.1 Å². The van der Waals surface area contributed by atoms with Crippen LogP contribution in [0.1, 0.15) is 31.4 Å². The van der Waals surface area contributed by atoms with Gasteiger partial charge in [0, 0.05) is 18.0 Å². The average Bonchev–Trinajstić information content (AvgIpc) is 2.66. The third-order valence-electron chi connectivity index (χ3n) is 3.96. The molecular formula is C21H24ClNO4. The smallest absolute Gasteiger partial charge is 0.306 e. The molecule has 0 heterocycles. The second kappa shape index (κ2) is 10.6. The monoisotopic (exact) mass is 389 g/mol. The van der Waals surface area contributed by atoms with Crippen molar-refractivity contribution >= 4 is 23.5 Å². The van der Waals surface area contributed by atoms with Crippen molar-refractivity contribution in [3.8, 4) is 5.75 Å². The normalized spacial score (nSPS) is 11.5. The third kappa shape index (κ3) is 6.61. The Morgan fingerprint density at radius 1 is 1.07 bits per heavy atom. The quantitative estimate of drug-likeness (QED) is 0.660. The number of hydrogen-bond acceptors (Lipinski definition) is 4. The number of nitrogens with one attached hydrogen (secondary N) is 1. The molecule has 0 fully saturated rings. The summed E-state index contributed by atoms with van der Waals surface area (Å²) in [4.78, 5) is 24.2. The summed E-state index contributed by atoms with van der Waals surface area (Å²) in [5, 5.41) is 3.30. The van der Waals surface area contributed by atoms with Gasteiger partial charge in [0.05, 0.1) is 6.61 Å². The highest BCUT2D eigenvalue weighted by Crippen LogP contribution is 2.20. The van der Waals surface area contributed by atoms with Crippen LogP contribution in [0.3, 0.4) is 0 Å². The first kappa shape index (κ1) is 20.8. The van der Waals surface area contributed by atoms with Crippen LogP contribution in [-0.4, -0.2) is 24.6 Å². The Hall–Kier alpha value is -2.53. The molecule has 0 bridgehead atoms. The molecule has 2 rings (SSSR count). The predicted octanol–water partition coefficient (Wildman–Crippen LogP) is 3.92. The first-order chi connectivity index (χ1) is 13.0. The summed E-state index contributed by atoms with van der Waals surface area (Å²) in [5.41, 5.74) is 1.74. The van der Waals surface area contributed by atoms with Gasteiger partial charge in [-0.1, -0.05) is 48.0 Å². The Kier molecular flexibility index (Phi) is 8.14. The van der Waals surface area contributed by atoms with Crippen LogP contribution in [0.2, 0.25) is 5.02 Å². The summed E-state index contributed by atoms with van der Waals surface area (Å²) >= 11 is 6.06. The van der Waals surface area contributed by atoms with E-state index in [0.29, 0.717) is 18.1 Å². The molecule has 0 saturated carbocycles. The lowest BCUT2D eigenvalue weighted by molar-refractivity contribution is -0.154. The lowest BCUT2D eigenvalue weighted by Crippen LogP contribution is -2.35. The first-order valence-corrected chi connectivity index (χ1v) is 9.30. The molecule has 1 N–H and O–H groups in total. The minimum Gasteiger partial charge on any atom is -0.494 e. The Labute approximate surface area is 164 Å². The molecule has 0 radical (unpaired) electrons. The van der Waals surface area contributed by atoms with Crippen molar-refractivity contribution in [3.05, 3.63) is 64.7 Å². The fraction of sp³-hybridized carbons (Fsp3) is 0.333. The largest absolute Gasteiger partial charge is 0.494 e. The van der Waals surface area contributed by atoms with E-state index in [-0.39, 0.29) is 18.9 Å². The molecule has 6 heteroatoms. The van der Waals surface area contributed by atoms with Crippen molar-refractivity contribution in [1.29, 1.82) is 0 Å². The summed E-state index contributed by atoms with van der Waals surface area (Å²) in [6.07, 6.45) is -0.211. The van der Waals surface area contributed by atoms with Crippen LogP contribution in [0.5, 0.6) is 5.75 Å². The molecule has 0 aliphatic rings. The lowest BCUT2D eigenvalue weighted by Gasteiger charge is -2.14. The average molecular weight is 390 g/mol. The van der Waals surface area contributed by atoms with Crippen LogP contribution in [0.25, 0.3) is 0 Å². The maximum Gasteiger partial charge on any atom is 0.306 e. The number of esters is 1. The van der Waals surface area contributed by atoms with Crippen LogP contribution < -0.4 is 10.1 Å². The van der Waals surface area contributed by atoms with Crippen molar-refractivity contribution in [3.63, 3.8) is 0 Å². The van der Waals surface area contributed by atoms with Gasteiger partial charge in [0.1, 0.15) is 5.75 Å². The van der Waals surface area contributed by atoms with E-state index >= 15 is 0 Å². The highest BCUT2D eigenvalue weighted by atomic mass is 35.5. The third-order valence-corrected chi connectivity index (χ3v) is 4.33. The standard InChI is InChI=1S/C21H24ClNO4/c1-3-26-19-11-7-5-8-16(19)12-13-20(24)27-15(2)21(25)23-14-17-9-4-6-10-18(17)22/h4-11,15H,3,12-14H2,1-2H3,(H,23,25)/t15-/m1/s1. The van der Waals surface area contributed by atoms with Gasteiger partial charge in [-0.15, -0.1) is 0 Å². The minimum absolute atomic E-state index is 0.173. The zero-order valence-corrected chi connectivity index (χ0v) is 16.3. The molecule has 0 spiro atoms. The number of halogens is 1. The van der Waals surface area contributed by atoms with Gasteiger partial charge in [-0.05, 0) is 43.5 Å². The Morgan fingerprint density at radius 2 is 1.74 bits per heavy atom. The maximum absolute atomic E-state index is 12.1. The zero-order chi connectivity index (χ0) is 19.6. The van der Waals surface area contributed by atoms with E-state index < -0.39 is 12.1 Å². The van der Waals surface area contributed by atoms with Crippen LogP contribution in [0, 0.1) is 0 Å². The molecule has 0 saturated heterocycles. The van der Waals surface area contributed by atoms with E-state index in [1.807, 2.05) is 49.4 Å². The molecule has 144 valence electrons. The summed E-state index contributed by atoms with van der Waals surface area (Å²) in [6, 6.07) is 14.8. The number of benzene rings is 2. The van der Waals surface area contributed by atoms with E-state index in [9.17, 15) is 9.59 Å². The molecule has 2 aromatic carbocycles. The van der Waals surface area contributed by atoms with Crippen molar-refractivity contribution in [2.45, 2.75) is 39.3 Å². The summed E-state index contributed by atoms with van der Waals surface area (Å²) in [5.74, 6) is -0.0296. The van der Waals surface area contributed by atoms with Crippen molar-refractivity contribution in [1.82, 2.24) is 5.32 Å². The van der Waals surface area contributed by atoms with Gasteiger partial charge >= 0.3 is 5.97 Å². The fourth-order valence-electron chi connectivity index (χ4n) is 2.52. The summed E-state index contributed by atoms with van der Waals surface area (Å²) in [6.45, 7) is 4.30. The Bertz CT molecular complexity index is 778. The molecule has 0 aromatic heterocycles. The Balaban J connectivity index is 1.79. The van der Waals surface area contributed by atoms with E-state index in [1.54, 1.807) is 13.0 Å². The molecule has 0 aliphatic carbocycles. The predicted molar refractivity (Wildman–Crippen MR) is 105 cm³/mol. The molecule has 27 heavy (non-hydrogen) atoms. The highest BCUT2D eigenvalue weighted by molar-refractivity contribution is 6.31. The van der Waals surface area contributed by atoms with Gasteiger partial charge < -0.3 is 14.8 Å². The van der Waals surface area contributed by atoms with Crippen molar-refractivity contribution in [2.75, 3.05) is 6.61 Å². The summed E-state index contributed by atoms with van der Waals surface area (Å²) < 4.78 is 10.8. The number of hydrogen-bond donors (Lipinski definition) is 1. The number of amides is 1. The molecular weight excluding hydrogens is 366 g/mol. The number of carbonyl (C=O) groups excluding carboxylic acids is 2. The van der Waals surface area contributed by atoms with Gasteiger partial charge in [0.15, 0.2) is 6.10 Å².